The fourth-order valence-electron chi connectivity index (χ4n) is 2.98. The summed E-state index contributed by atoms with van der Waals surface area (Å²) in [7, 11) is 0. The first kappa shape index (κ1) is 15.7. The van der Waals surface area contributed by atoms with Crippen LogP contribution in [0.3, 0.4) is 0 Å². The van der Waals surface area contributed by atoms with Gasteiger partial charge in [0.15, 0.2) is 5.82 Å². The van der Waals surface area contributed by atoms with E-state index >= 15 is 0 Å². The molecule has 1 N–H and O–H groups in total. The van der Waals surface area contributed by atoms with Gasteiger partial charge in [0.2, 0.25) is 0 Å². The molecule has 24 heavy (non-hydrogen) atoms. The second-order valence-corrected chi connectivity index (χ2v) is 7.18. The van der Waals surface area contributed by atoms with Crippen molar-refractivity contribution in [2.45, 2.75) is 32.4 Å². The number of fused-ring (bicyclic) bond motifs is 1. The summed E-state index contributed by atoms with van der Waals surface area (Å²) in [5, 5.41) is 8.50. The van der Waals surface area contributed by atoms with E-state index in [9.17, 15) is 0 Å². The quantitative estimate of drug-likeness (QED) is 0.771. The Bertz CT molecular complexity index is 781. The molecule has 1 fully saturated rings. The number of aromatic nitrogens is 4. The van der Waals surface area contributed by atoms with Crippen molar-refractivity contribution in [2.24, 2.45) is 0 Å². The van der Waals surface area contributed by atoms with Gasteiger partial charge in [-0.25, -0.2) is 9.97 Å². The number of aromatic amines is 1. The number of benzene rings is 1. The highest BCUT2D eigenvalue weighted by Crippen LogP contribution is 2.25. The van der Waals surface area contributed by atoms with Gasteiger partial charge >= 0.3 is 0 Å². The minimum Gasteiger partial charge on any atom is -0.367 e. The Kier molecular flexibility index (Phi) is 4.55. The van der Waals surface area contributed by atoms with Gasteiger partial charge < -0.3 is 4.74 Å². The van der Waals surface area contributed by atoms with Crippen LogP contribution in [-0.2, 0) is 17.7 Å². The molecule has 0 aliphatic carbocycles. The number of nitrogens with one attached hydrogen (secondary N) is 1. The van der Waals surface area contributed by atoms with Crippen molar-refractivity contribution in [1.29, 1.82) is 0 Å². The van der Waals surface area contributed by atoms with Crippen LogP contribution in [0.25, 0.3) is 10.2 Å². The lowest BCUT2D eigenvalue weighted by Gasteiger charge is -2.30. The maximum atomic E-state index is 5.88. The second kappa shape index (κ2) is 6.96. The van der Waals surface area contributed by atoms with E-state index in [1.54, 1.807) is 11.3 Å². The molecule has 6 nitrogen and oxygen atoms in total. The first-order chi connectivity index (χ1) is 11.8. The molecule has 1 unspecified atom stereocenters. The van der Waals surface area contributed by atoms with Crippen LogP contribution in [-0.4, -0.2) is 44.8 Å². The summed E-state index contributed by atoms with van der Waals surface area (Å²) in [6.45, 7) is 5.41. The summed E-state index contributed by atoms with van der Waals surface area (Å²) >= 11 is 1.77. The molecule has 3 aromatic rings. The highest BCUT2D eigenvalue weighted by atomic mass is 32.1. The zero-order valence-electron chi connectivity index (χ0n) is 13.7. The maximum absolute atomic E-state index is 5.88. The summed E-state index contributed by atoms with van der Waals surface area (Å²) in [6.07, 6.45) is 1.92. The van der Waals surface area contributed by atoms with Crippen molar-refractivity contribution in [3.05, 3.63) is 40.9 Å². The summed E-state index contributed by atoms with van der Waals surface area (Å²) in [5.41, 5.74) is 1.08. The monoisotopic (exact) mass is 343 g/mol. The number of hydrogen-bond donors (Lipinski definition) is 1. The van der Waals surface area contributed by atoms with Gasteiger partial charge in [-0.1, -0.05) is 19.1 Å². The van der Waals surface area contributed by atoms with Gasteiger partial charge in [0.05, 0.1) is 23.4 Å². The van der Waals surface area contributed by atoms with E-state index in [0.29, 0.717) is 6.61 Å². The number of hydrogen-bond acceptors (Lipinski definition) is 6. The normalized spacial score (nSPS) is 19.1. The highest BCUT2D eigenvalue weighted by Gasteiger charge is 2.26. The van der Waals surface area contributed by atoms with Gasteiger partial charge in [0, 0.05) is 19.5 Å². The van der Waals surface area contributed by atoms with Crippen LogP contribution in [0.2, 0.25) is 0 Å². The van der Waals surface area contributed by atoms with Crippen LogP contribution in [0.1, 0.15) is 36.1 Å². The molecule has 3 heterocycles. The van der Waals surface area contributed by atoms with Crippen molar-refractivity contribution in [3.8, 4) is 0 Å². The third kappa shape index (κ3) is 3.33. The molecule has 1 aliphatic heterocycles. The second-order valence-electron chi connectivity index (χ2n) is 6.06. The zero-order valence-corrected chi connectivity index (χ0v) is 14.6. The summed E-state index contributed by atoms with van der Waals surface area (Å²) in [4.78, 5) is 11.7. The van der Waals surface area contributed by atoms with E-state index in [0.717, 1.165) is 54.6 Å². The Morgan fingerprint density at radius 1 is 1.33 bits per heavy atom. The molecule has 4 rings (SSSR count). The van der Waals surface area contributed by atoms with E-state index in [1.165, 1.54) is 4.70 Å². The fraction of sp³-hybridized carbons (Fsp3) is 0.471. The molecular weight excluding hydrogens is 322 g/mol. The molecule has 0 bridgehead atoms. The number of rotatable bonds is 5. The van der Waals surface area contributed by atoms with Gasteiger partial charge in [0.1, 0.15) is 16.9 Å². The summed E-state index contributed by atoms with van der Waals surface area (Å²) < 4.78 is 7.12. The lowest BCUT2D eigenvalue weighted by Crippen LogP contribution is -2.38. The van der Waals surface area contributed by atoms with E-state index in [4.69, 9.17) is 9.72 Å². The number of para-hydroxylation sites is 1. The highest BCUT2D eigenvalue weighted by molar-refractivity contribution is 7.18. The molecular formula is C17H21N5OS. The standard InChI is InChI=1S/C17H21N5OS/c1-2-5-15-19-17(21-20-15)13-10-22(8-9-23-13)11-16-18-12-6-3-4-7-14(12)24-16/h3-4,6-7,13H,2,5,8-11H2,1H3,(H,19,20,21). The molecule has 1 aliphatic rings. The smallest absolute Gasteiger partial charge is 0.180 e. The Hall–Kier alpha value is -1.83. The minimum absolute atomic E-state index is 0.0602. The number of H-pyrrole nitrogens is 1. The van der Waals surface area contributed by atoms with Crippen LogP contribution in [0.15, 0.2) is 24.3 Å². The van der Waals surface area contributed by atoms with Crippen LogP contribution in [0.5, 0.6) is 0 Å². The fourth-order valence-corrected chi connectivity index (χ4v) is 3.99. The number of ether oxygens (including phenoxy) is 1. The maximum Gasteiger partial charge on any atom is 0.180 e. The van der Waals surface area contributed by atoms with Gasteiger partial charge in [0.25, 0.3) is 0 Å². The minimum atomic E-state index is -0.0602. The molecule has 0 saturated carbocycles. The van der Waals surface area contributed by atoms with Crippen molar-refractivity contribution in [1.82, 2.24) is 25.1 Å². The third-order valence-electron chi connectivity index (χ3n) is 4.17. The van der Waals surface area contributed by atoms with Crippen LogP contribution < -0.4 is 0 Å². The van der Waals surface area contributed by atoms with E-state index in [-0.39, 0.29) is 6.10 Å². The van der Waals surface area contributed by atoms with E-state index in [1.807, 2.05) is 6.07 Å². The van der Waals surface area contributed by atoms with Gasteiger partial charge in [-0.15, -0.1) is 11.3 Å². The summed E-state index contributed by atoms with van der Waals surface area (Å²) in [5.74, 6) is 1.71. The van der Waals surface area contributed by atoms with Gasteiger partial charge in [-0.3, -0.25) is 10.00 Å². The molecule has 1 saturated heterocycles. The first-order valence-electron chi connectivity index (χ1n) is 8.41. The Balaban J connectivity index is 1.44. The number of morpholine rings is 1. The topological polar surface area (TPSA) is 66.9 Å². The predicted molar refractivity (Wildman–Crippen MR) is 94.0 cm³/mol. The predicted octanol–water partition coefficient (Wildman–Crippen LogP) is 2.94. The molecule has 0 amide bonds. The molecule has 0 spiro atoms. The lowest BCUT2D eigenvalue weighted by atomic mass is 10.2. The van der Waals surface area contributed by atoms with Gasteiger partial charge in [-0.05, 0) is 18.6 Å². The van der Waals surface area contributed by atoms with Crippen LogP contribution in [0.4, 0.5) is 0 Å². The van der Waals surface area contributed by atoms with Crippen LogP contribution in [0, 0.1) is 0 Å². The molecule has 1 atom stereocenters. The molecule has 126 valence electrons. The number of thiazole rings is 1. The van der Waals surface area contributed by atoms with Crippen molar-refractivity contribution >= 4 is 21.6 Å². The zero-order chi connectivity index (χ0) is 16.4. The first-order valence-corrected chi connectivity index (χ1v) is 9.23. The third-order valence-corrected chi connectivity index (χ3v) is 5.19. The molecule has 1 aromatic carbocycles. The Morgan fingerprint density at radius 3 is 3.12 bits per heavy atom. The van der Waals surface area contributed by atoms with Crippen molar-refractivity contribution in [3.63, 3.8) is 0 Å². The Labute approximate surface area is 144 Å². The Morgan fingerprint density at radius 2 is 2.25 bits per heavy atom. The molecule has 2 aromatic heterocycles. The van der Waals surface area contributed by atoms with Crippen molar-refractivity contribution in [2.75, 3.05) is 19.7 Å². The largest absolute Gasteiger partial charge is 0.367 e. The van der Waals surface area contributed by atoms with E-state index < -0.39 is 0 Å². The molecule has 7 heteroatoms. The number of nitrogens with zero attached hydrogens (tertiary/aromatic N) is 4. The lowest BCUT2D eigenvalue weighted by molar-refractivity contribution is -0.0370. The SMILES string of the molecule is CCCc1nc(C2CN(Cc3nc4ccccc4s3)CCO2)n[nH]1. The van der Waals surface area contributed by atoms with Gasteiger partial charge in [-0.2, -0.15) is 5.10 Å². The van der Waals surface area contributed by atoms with Crippen molar-refractivity contribution < 1.29 is 4.74 Å². The number of aryl methyl sites for hydroxylation is 1. The van der Waals surface area contributed by atoms with E-state index in [2.05, 4.69) is 45.2 Å². The summed E-state index contributed by atoms with van der Waals surface area (Å²) in [6, 6.07) is 8.29. The van der Waals surface area contributed by atoms with Crippen LogP contribution >= 0.6 is 11.3 Å². The average molecular weight is 343 g/mol. The molecule has 0 radical (unpaired) electrons. The average Bonchev–Trinajstić information content (AvgIpc) is 3.21.